The van der Waals surface area contributed by atoms with Crippen LogP contribution in [0.2, 0.25) is 0 Å². The summed E-state index contributed by atoms with van der Waals surface area (Å²) in [6.45, 7) is 4.28. The van der Waals surface area contributed by atoms with Crippen LogP contribution in [0, 0.1) is 0 Å². The second-order valence-corrected chi connectivity index (χ2v) is 8.45. The van der Waals surface area contributed by atoms with E-state index in [1.807, 2.05) is 6.92 Å². The van der Waals surface area contributed by atoms with Gasteiger partial charge in [-0.2, -0.15) is 4.99 Å². The average molecular weight is 414 g/mol. The molecule has 0 aliphatic rings. The third-order valence-corrected chi connectivity index (χ3v) is 5.74. The number of unbranched alkanes of at least 4 members (excludes halogenated alkanes) is 1. The summed E-state index contributed by atoms with van der Waals surface area (Å²) in [4.78, 5) is 28.4. The van der Waals surface area contributed by atoms with Gasteiger partial charge in [-0.3, -0.25) is 9.59 Å². The summed E-state index contributed by atoms with van der Waals surface area (Å²) in [5.74, 6) is -0.603. The van der Waals surface area contributed by atoms with Gasteiger partial charge in [-0.15, -0.1) is 0 Å². The fourth-order valence-electron chi connectivity index (χ4n) is 2.46. The SMILES string of the molecule is CCCCC(=O)N=c1sc2cc(S(N)(=O)=O)ccc2n1CCC(=O)OCC. The molecule has 2 rings (SSSR count). The lowest BCUT2D eigenvalue weighted by molar-refractivity contribution is -0.143. The maximum atomic E-state index is 12.1. The second kappa shape index (κ2) is 9.25. The molecule has 8 nitrogen and oxygen atoms in total. The summed E-state index contributed by atoms with van der Waals surface area (Å²) < 4.78 is 30.5. The maximum Gasteiger partial charge on any atom is 0.307 e. The number of amides is 1. The molecule has 0 bridgehead atoms. The Morgan fingerprint density at radius 1 is 1.26 bits per heavy atom. The van der Waals surface area contributed by atoms with Gasteiger partial charge >= 0.3 is 5.97 Å². The quantitative estimate of drug-likeness (QED) is 0.663. The van der Waals surface area contributed by atoms with Crippen molar-refractivity contribution in [3.63, 3.8) is 0 Å². The zero-order chi connectivity index (χ0) is 20.0. The monoisotopic (exact) mass is 413 g/mol. The number of ether oxygens (including phenoxy) is 1. The van der Waals surface area contributed by atoms with Crippen LogP contribution < -0.4 is 9.94 Å². The predicted molar refractivity (Wildman–Crippen MR) is 103 cm³/mol. The summed E-state index contributed by atoms with van der Waals surface area (Å²) in [6, 6.07) is 4.45. The van der Waals surface area contributed by atoms with Gasteiger partial charge in [0.15, 0.2) is 4.80 Å². The number of carbonyl (C=O) groups excluding carboxylic acids is 2. The molecular weight excluding hydrogens is 390 g/mol. The first-order valence-corrected chi connectivity index (χ1v) is 11.0. The van der Waals surface area contributed by atoms with Crippen LogP contribution in [0.25, 0.3) is 10.2 Å². The minimum absolute atomic E-state index is 0.0161. The highest BCUT2D eigenvalue weighted by Gasteiger charge is 2.14. The Balaban J connectivity index is 2.50. The molecule has 0 aliphatic heterocycles. The van der Waals surface area contributed by atoms with Crippen molar-refractivity contribution in [3.05, 3.63) is 23.0 Å². The third-order valence-electron chi connectivity index (χ3n) is 3.79. The smallest absolute Gasteiger partial charge is 0.307 e. The molecule has 0 fully saturated rings. The molecule has 0 unspecified atom stereocenters. The molecular formula is C17H23N3O5S2. The Kier molecular flexibility index (Phi) is 7.28. The van der Waals surface area contributed by atoms with E-state index in [-0.39, 0.29) is 29.7 Å². The van der Waals surface area contributed by atoms with E-state index < -0.39 is 10.0 Å². The molecule has 1 amide bonds. The predicted octanol–water partition coefficient (Wildman–Crippen LogP) is 1.92. The molecule has 27 heavy (non-hydrogen) atoms. The van der Waals surface area contributed by atoms with Gasteiger partial charge in [-0.1, -0.05) is 24.7 Å². The highest BCUT2D eigenvalue weighted by atomic mass is 32.2. The zero-order valence-electron chi connectivity index (χ0n) is 15.3. The van der Waals surface area contributed by atoms with E-state index in [0.717, 1.165) is 12.8 Å². The molecule has 0 aliphatic carbocycles. The molecule has 10 heteroatoms. The lowest BCUT2D eigenvalue weighted by atomic mass is 10.2. The number of fused-ring (bicyclic) bond motifs is 1. The maximum absolute atomic E-state index is 12.1. The summed E-state index contributed by atoms with van der Waals surface area (Å²) in [6.07, 6.45) is 2.08. The van der Waals surface area contributed by atoms with Crippen LogP contribution in [0.3, 0.4) is 0 Å². The van der Waals surface area contributed by atoms with E-state index in [0.29, 0.717) is 28.0 Å². The van der Waals surface area contributed by atoms with Crippen molar-refractivity contribution in [2.75, 3.05) is 6.61 Å². The first-order valence-electron chi connectivity index (χ1n) is 8.65. The molecule has 148 valence electrons. The van der Waals surface area contributed by atoms with Gasteiger partial charge in [0.1, 0.15) is 0 Å². The third kappa shape index (κ3) is 5.72. The minimum atomic E-state index is -3.84. The van der Waals surface area contributed by atoms with Gasteiger partial charge < -0.3 is 9.30 Å². The largest absolute Gasteiger partial charge is 0.466 e. The number of nitrogens with zero attached hydrogens (tertiary/aromatic N) is 2. The molecule has 0 spiro atoms. The molecule has 0 atom stereocenters. The van der Waals surface area contributed by atoms with E-state index in [4.69, 9.17) is 9.88 Å². The van der Waals surface area contributed by atoms with Crippen LogP contribution in [0.5, 0.6) is 0 Å². The van der Waals surface area contributed by atoms with E-state index in [1.54, 1.807) is 17.6 Å². The first kappa shape index (κ1) is 21.3. The van der Waals surface area contributed by atoms with Crippen molar-refractivity contribution in [3.8, 4) is 0 Å². The number of nitrogens with two attached hydrogens (primary N) is 1. The minimum Gasteiger partial charge on any atom is -0.466 e. The molecule has 0 saturated carbocycles. The normalized spacial score (nSPS) is 12.5. The van der Waals surface area contributed by atoms with Crippen molar-refractivity contribution in [2.24, 2.45) is 10.1 Å². The fraction of sp³-hybridized carbons (Fsp3) is 0.471. The van der Waals surface area contributed by atoms with Gasteiger partial charge in [-0.05, 0) is 31.5 Å². The number of sulfonamides is 1. The van der Waals surface area contributed by atoms with Crippen molar-refractivity contribution in [2.45, 2.75) is 51.0 Å². The van der Waals surface area contributed by atoms with Crippen LogP contribution in [-0.2, 0) is 30.9 Å². The average Bonchev–Trinajstić information content (AvgIpc) is 2.93. The number of carbonyl (C=O) groups is 2. The van der Waals surface area contributed by atoms with Crippen molar-refractivity contribution in [1.29, 1.82) is 0 Å². The van der Waals surface area contributed by atoms with Crippen LogP contribution >= 0.6 is 11.3 Å². The summed E-state index contributed by atoms with van der Waals surface area (Å²) in [5.41, 5.74) is 0.679. The Morgan fingerprint density at radius 3 is 2.63 bits per heavy atom. The van der Waals surface area contributed by atoms with Crippen LogP contribution in [0.1, 0.15) is 39.5 Å². The van der Waals surface area contributed by atoms with Gasteiger partial charge in [0.05, 0.1) is 28.1 Å². The Labute approximate surface area is 161 Å². The Morgan fingerprint density at radius 2 is 2.00 bits per heavy atom. The van der Waals surface area contributed by atoms with E-state index in [1.165, 1.54) is 23.5 Å². The number of esters is 1. The molecule has 2 aromatic rings. The number of aryl methyl sites for hydroxylation is 1. The van der Waals surface area contributed by atoms with Crippen LogP contribution in [0.15, 0.2) is 28.1 Å². The van der Waals surface area contributed by atoms with Crippen molar-refractivity contribution >= 4 is 43.5 Å². The van der Waals surface area contributed by atoms with Gasteiger partial charge in [0, 0.05) is 13.0 Å². The molecule has 2 N–H and O–H groups in total. The fourth-order valence-corrected chi connectivity index (χ4v) is 4.19. The lowest BCUT2D eigenvalue weighted by Gasteiger charge is -2.06. The number of primary sulfonamides is 1. The second-order valence-electron chi connectivity index (χ2n) is 5.87. The highest BCUT2D eigenvalue weighted by Crippen LogP contribution is 2.21. The standard InChI is InChI=1S/C17H23N3O5S2/c1-3-5-6-15(21)19-17-20(10-9-16(22)25-4-2)13-8-7-12(27(18,23)24)11-14(13)26-17/h7-8,11H,3-6,9-10H2,1-2H3,(H2,18,23,24). The van der Waals surface area contributed by atoms with E-state index in [2.05, 4.69) is 4.99 Å². The van der Waals surface area contributed by atoms with Crippen LogP contribution in [0.4, 0.5) is 0 Å². The van der Waals surface area contributed by atoms with Crippen molar-refractivity contribution in [1.82, 2.24) is 4.57 Å². The van der Waals surface area contributed by atoms with Crippen LogP contribution in [-0.4, -0.2) is 31.5 Å². The lowest BCUT2D eigenvalue weighted by Crippen LogP contribution is -2.19. The number of benzene rings is 1. The molecule has 0 radical (unpaired) electrons. The first-order chi connectivity index (χ1) is 12.8. The van der Waals surface area contributed by atoms with Gasteiger partial charge in [-0.25, -0.2) is 13.6 Å². The van der Waals surface area contributed by atoms with Gasteiger partial charge in [0.25, 0.3) is 0 Å². The number of aromatic nitrogens is 1. The Hall–Kier alpha value is -2.04. The molecule has 1 aromatic heterocycles. The molecule has 0 saturated heterocycles. The number of hydrogen-bond donors (Lipinski definition) is 1. The molecule has 1 heterocycles. The summed E-state index contributed by atoms with van der Waals surface area (Å²) in [7, 11) is -3.84. The number of rotatable bonds is 8. The Bertz CT molecular complexity index is 1010. The van der Waals surface area contributed by atoms with E-state index >= 15 is 0 Å². The summed E-state index contributed by atoms with van der Waals surface area (Å²) >= 11 is 1.18. The van der Waals surface area contributed by atoms with E-state index in [9.17, 15) is 18.0 Å². The number of hydrogen-bond acceptors (Lipinski definition) is 6. The van der Waals surface area contributed by atoms with Crippen molar-refractivity contribution < 1.29 is 22.7 Å². The number of thiazole rings is 1. The topological polar surface area (TPSA) is 121 Å². The summed E-state index contributed by atoms with van der Waals surface area (Å²) in [5, 5.41) is 5.19. The zero-order valence-corrected chi connectivity index (χ0v) is 16.9. The highest BCUT2D eigenvalue weighted by molar-refractivity contribution is 7.89. The van der Waals surface area contributed by atoms with Gasteiger partial charge in [0.2, 0.25) is 15.9 Å². The molecule has 1 aromatic carbocycles.